The van der Waals surface area contributed by atoms with Gasteiger partial charge in [0.25, 0.3) is 0 Å². The Bertz CT molecular complexity index is 290. The molecular weight excluding hydrogens is 447 g/mol. The van der Waals surface area contributed by atoms with Crippen LogP contribution >= 0.6 is 0 Å². The van der Waals surface area contributed by atoms with Crippen LogP contribution in [0.2, 0.25) is 0 Å². The van der Waals surface area contributed by atoms with Gasteiger partial charge in [0.15, 0.2) is 0 Å². The van der Waals surface area contributed by atoms with E-state index >= 15 is 0 Å². The molecule has 2 rings (SSSR count). The molecule has 0 amide bonds. The Kier molecular flexibility index (Phi) is 31.7. The van der Waals surface area contributed by atoms with Crippen molar-refractivity contribution in [1.29, 1.82) is 0 Å². The molecular formula is C24H58N5Y. The molecule has 0 spiro atoms. The molecule has 0 aromatic heterocycles. The number of piperazine rings is 2. The fraction of sp³-hybridized carbons (Fsp3) is 0.875. The van der Waals surface area contributed by atoms with Gasteiger partial charge >= 0.3 is 32.7 Å². The van der Waals surface area contributed by atoms with Crippen molar-refractivity contribution in [3.63, 3.8) is 0 Å². The predicted molar refractivity (Wildman–Crippen MR) is 136 cm³/mol. The van der Waals surface area contributed by atoms with Gasteiger partial charge in [-0.2, -0.15) is 0 Å². The number of nitrogens with zero attached hydrogens (tertiary/aromatic N) is 5. The van der Waals surface area contributed by atoms with Gasteiger partial charge in [-0.3, -0.25) is 9.80 Å². The summed E-state index contributed by atoms with van der Waals surface area (Å²) < 4.78 is 0. The van der Waals surface area contributed by atoms with Crippen molar-refractivity contribution in [3.8, 4) is 0 Å². The van der Waals surface area contributed by atoms with Gasteiger partial charge in [0.05, 0.1) is 0 Å². The molecule has 0 aromatic carbocycles. The van der Waals surface area contributed by atoms with Crippen molar-refractivity contribution in [2.45, 2.75) is 74.5 Å². The SMILES string of the molecule is C.C.CC(C)N1CCN(C)CC1.CC(C)N1CCN(C)CC1.[CH2-]N([CH2-])C(C)C.[CH3-].[Y+3]. The van der Waals surface area contributed by atoms with E-state index in [1.165, 1.54) is 52.4 Å². The summed E-state index contributed by atoms with van der Waals surface area (Å²) in [6, 6.07) is 1.92. The second-order valence-electron chi connectivity index (χ2n) is 8.55. The molecule has 6 heteroatoms. The Morgan fingerprint density at radius 2 is 0.800 bits per heavy atom. The first-order chi connectivity index (χ1) is 12.0. The summed E-state index contributed by atoms with van der Waals surface area (Å²) in [5.41, 5.74) is 0. The van der Waals surface area contributed by atoms with E-state index in [0.717, 1.165) is 12.1 Å². The molecule has 2 heterocycles. The third-order valence-corrected chi connectivity index (χ3v) is 5.27. The van der Waals surface area contributed by atoms with Crippen LogP contribution in [0.1, 0.15) is 56.4 Å². The van der Waals surface area contributed by atoms with E-state index in [-0.39, 0.29) is 55.0 Å². The van der Waals surface area contributed by atoms with E-state index in [2.05, 4.69) is 75.5 Å². The van der Waals surface area contributed by atoms with Crippen LogP contribution in [0.3, 0.4) is 0 Å². The van der Waals surface area contributed by atoms with Gasteiger partial charge in [-0.05, 0) is 47.8 Å². The summed E-state index contributed by atoms with van der Waals surface area (Å²) in [5.74, 6) is 0. The third-order valence-electron chi connectivity index (χ3n) is 5.27. The summed E-state index contributed by atoms with van der Waals surface area (Å²) in [6.45, 7) is 23.1. The van der Waals surface area contributed by atoms with Crippen LogP contribution in [0.5, 0.6) is 0 Å². The molecule has 0 bridgehead atoms. The maximum absolute atomic E-state index is 3.56. The summed E-state index contributed by atoms with van der Waals surface area (Å²) >= 11 is 0. The van der Waals surface area contributed by atoms with E-state index in [1.807, 2.05) is 13.8 Å². The van der Waals surface area contributed by atoms with Gasteiger partial charge in [-0.1, -0.05) is 28.7 Å². The number of hydrogen-bond donors (Lipinski definition) is 0. The summed E-state index contributed by atoms with van der Waals surface area (Å²) in [7, 11) is 11.5. The fourth-order valence-electron chi connectivity index (χ4n) is 2.68. The second-order valence-corrected chi connectivity index (χ2v) is 8.55. The quantitative estimate of drug-likeness (QED) is 0.531. The van der Waals surface area contributed by atoms with Crippen LogP contribution in [0.4, 0.5) is 0 Å². The minimum absolute atomic E-state index is 0. The second kappa shape index (κ2) is 23.1. The van der Waals surface area contributed by atoms with Crippen molar-refractivity contribution >= 4 is 0 Å². The standard InChI is InChI=1S/2C8H18N2.C5H11N.2CH4.CH3.Y/c2*1-8(2)10-6-4-9(3)5-7-10;1-5(2)6(3)4;;;;/h2*8H,4-7H2,1-3H3;5H,3-4H2,1-2H3;2*1H4;1H3;/q;;-2;;;-1;+3. The molecule has 0 atom stereocenters. The molecule has 0 N–H and O–H groups in total. The van der Waals surface area contributed by atoms with E-state index in [1.54, 1.807) is 4.90 Å². The van der Waals surface area contributed by atoms with E-state index < -0.39 is 0 Å². The Morgan fingerprint density at radius 1 is 0.600 bits per heavy atom. The molecule has 0 aliphatic carbocycles. The van der Waals surface area contributed by atoms with Gasteiger partial charge in [0.1, 0.15) is 0 Å². The molecule has 2 fully saturated rings. The van der Waals surface area contributed by atoms with Crippen molar-refractivity contribution in [1.82, 2.24) is 24.5 Å². The average Bonchev–Trinajstić information content (AvgIpc) is 2.56. The molecule has 0 radical (unpaired) electrons. The van der Waals surface area contributed by atoms with Crippen molar-refractivity contribution < 1.29 is 32.7 Å². The predicted octanol–water partition coefficient (Wildman–Crippen LogP) is 4.28. The molecule has 30 heavy (non-hydrogen) atoms. The smallest absolute Gasteiger partial charge is 0.608 e. The zero-order valence-electron chi connectivity index (χ0n) is 20.6. The summed E-state index contributed by atoms with van der Waals surface area (Å²) in [5, 5.41) is 0. The molecule has 2 saturated heterocycles. The van der Waals surface area contributed by atoms with Gasteiger partial charge in [-0.15, -0.1) is 0 Å². The maximum Gasteiger partial charge on any atom is 3.00 e. The fourth-order valence-corrected chi connectivity index (χ4v) is 2.68. The van der Waals surface area contributed by atoms with Crippen molar-refractivity contribution in [2.75, 3.05) is 66.5 Å². The average molecular weight is 506 g/mol. The third kappa shape index (κ3) is 20.8. The number of likely N-dealkylation sites (N-methyl/N-ethyl adjacent to an activating group) is 2. The minimum atomic E-state index is 0. The van der Waals surface area contributed by atoms with Crippen molar-refractivity contribution in [2.24, 2.45) is 0 Å². The molecule has 0 unspecified atom stereocenters. The Labute approximate surface area is 218 Å². The molecule has 2 aliphatic rings. The first kappa shape index (κ1) is 41.2. The minimum Gasteiger partial charge on any atom is -0.608 e. The molecule has 5 nitrogen and oxygen atoms in total. The summed E-state index contributed by atoms with van der Waals surface area (Å²) in [6.07, 6.45) is 0. The Hall–Kier alpha value is 0.904. The van der Waals surface area contributed by atoms with Gasteiger partial charge in [0.2, 0.25) is 0 Å². The zero-order valence-corrected chi connectivity index (χ0v) is 23.5. The largest absolute Gasteiger partial charge is 3.00 e. The van der Waals surface area contributed by atoms with E-state index in [9.17, 15) is 0 Å². The van der Waals surface area contributed by atoms with Crippen LogP contribution in [-0.4, -0.2) is 109 Å². The number of rotatable bonds is 3. The molecule has 182 valence electrons. The van der Waals surface area contributed by atoms with Crippen LogP contribution in [0, 0.1) is 21.5 Å². The van der Waals surface area contributed by atoms with Gasteiger partial charge in [-0.25, -0.2) is 0 Å². The molecule has 0 saturated carbocycles. The van der Waals surface area contributed by atoms with Gasteiger partial charge in [0, 0.05) is 64.4 Å². The van der Waals surface area contributed by atoms with Crippen LogP contribution in [-0.2, 0) is 32.7 Å². The van der Waals surface area contributed by atoms with E-state index in [0.29, 0.717) is 6.04 Å². The first-order valence-corrected chi connectivity index (χ1v) is 10.3. The van der Waals surface area contributed by atoms with Gasteiger partial charge < -0.3 is 36.2 Å². The van der Waals surface area contributed by atoms with Crippen LogP contribution in [0.15, 0.2) is 0 Å². The molecule has 0 aromatic rings. The van der Waals surface area contributed by atoms with Crippen LogP contribution < -0.4 is 0 Å². The van der Waals surface area contributed by atoms with E-state index in [4.69, 9.17) is 0 Å². The monoisotopic (exact) mass is 505 g/mol. The first-order valence-electron chi connectivity index (χ1n) is 10.3. The summed E-state index contributed by atoms with van der Waals surface area (Å²) in [4.78, 5) is 11.5. The Balaban J connectivity index is -0.000000101. The van der Waals surface area contributed by atoms with Crippen molar-refractivity contribution in [3.05, 3.63) is 21.5 Å². The zero-order chi connectivity index (χ0) is 20.3. The normalized spacial score (nSPS) is 18.2. The topological polar surface area (TPSA) is 16.2 Å². The molecule has 2 aliphatic heterocycles. The Morgan fingerprint density at radius 3 is 0.933 bits per heavy atom. The maximum atomic E-state index is 3.56. The number of hydrogen-bond acceptors (Lipinski definition) is 5. The van der Waals surface area contributed by atoms with Crippen LogP contribution in [0.25, 0.3) is 0 Å².